The van der Waals surface area contributed by atoms with Gasteiger partial charge >= 0.3 is 17.1 Å². The van der Waals surface area contributed by atoms with Crippen LogP contribution in [0.1, 0.15) is 255 Å². The zero-order valence-electron chi connectivity index (χ0n) is 54.1. The third-order valence-corrected chi connectivity index (χ3v) is 30.6. The molecule has 12 unspecified atom stereocenters. The Morgan fingerprint density at radius 3 is 0.800 bits per heavy atom. The normalized spacial score (nSPS) is 51.1. The van der Waals surface area contributed by atoms with Crippen LogP contribution < -0.4 is 15.3 Å². The summed E-state index contributed by atoms with van der Waals surface area (Å²) in [6.45, 7) is 21.3. The number of carboxylic acids is 3. The summed E-state index contributed by atoms with van der Waals surface area (Å²) in [7, 11) is 0. The Kier molecular flexibility index (Phi) is 20.8. The topological polar surface area (TPSA) is 242 Å². The van der Waals surface area contributed by atoms with Crippen molar-refractivity contribution in [1.82, 2.24) is 0 Å². The number of carboxylic acid groups (broad SMARTS) is 3. The van der Waals surface area contributed by atoms with E-state index in [2.05, 4.69) is 62.3 Å². The molecular formula is C72H117FeO12. The number of carbonyl (C=O) groups excluding carboxylic acids is 3. The minimum Gasteiger partial charge on any atom is -0.550 e. The van der Waals surface area contributed by atoms with E-state index in [1.54, 1.807) is 0 Å². The molecule has 0 heterocycles. The fourth-order valence-corrected chi connectivity index (χ4v) is 26.4. The van der Waals surface area contributed by atoms with E-state index in [1.807, 2.05) is 0 Å². The molecule has 12 fully saturated rings. The predicted octanol–water partition coefficient (Wildman–Crippen LogP) is 9.43. The van der Waals surface area contributed by atoms with E-state index in [4.69, 9.17) is 0 Å². The van der Waals surface area contributed by atoms with Gasteiger partial charge < -0.3 is 60.3 Å². The number of aliphatic hydroxyl groups is 6. The van der Waals surface area contributed by atoms with Gasteiger partial charge in [0, 0.05) is 17.9 Å². The summed E-state index contributed by atoms with van der Waals surface area (Å²) in [5.41, 5.74) is 1.35. The summed E-state index contributed by atoms with van der Waals surface area (Å²) < 4.78 is 0. The standard InChI is InChI=1S/3C24H40O4.Fe/c3*1-14(4-7-22(27)28)17-5-6-18-16-13-21(26)20-12-15(25)8-10-24(20,3)19(16)9-11-23(17,18)2;/h3*14-21,25-26H,4-13H2,1-3H3,(H,27,28);/q;;;+3/p-3/t3*14-,15-,16?,17-,18?,19?,20?,21+,23-,24-;/m111./s1. The molecule has 0 aromatic heterocycles. The molecule has 0 aromatic rings. The molecule has 12 rings (SSSR count). The average Bonchev–Trinajstić information content (AvgIpc) is 1.84. The van der Waals surface area contributed by atoms with E-state index in [0.29, 0.717) is 88.8 Å². The molecule has 0 aromatic carbocycles. The van der Waals surface area contributed by atoms with Crippen LogP contribution in [0, 0.1) is 139 Å². The van der Waals surface area contributed by atoms with Crippen LogP contribution in [0.3, 0.4) is 0 Å². The van der Waals surface area contributed by atoms with Crippen molar-refractivity contribution >= 4 is 17.9 Å². The van der Waals surface area contributed by atoms with Gasteiger partial charge in [-0.15, -0.1) is 0 Å². The largest absolute Gasteiger partial charge is 3.00 e. The fraction of sp³-hybridized carbons (Fsp3) is 0.958. The van der Waals surface area contributed by atoms with Gasteiger partial charge in [-0.3, -0.25) is 0 Å². The molecule has 6 N–H and O–H groups in total. The van der Waals surface area contributed by atoms with Crippen molar-refractivity contribution in [2.45, 2.75) is 292 Å². The SMILES string of the molecule is C[C@H](CCC(=O)[O-])[C@H]1CCC2C3C[C@H](O)C4C[C@H](O)CC[C@]4(C)C3CC[C@@]21C.C[C@H](CCC(=O)[O-])[C@H]1CCC2C3C[C@H](O)C4C[C@H](O)CC[C@]4(C)C3CC[C@@]21C.C[C@H](CCC(=O)[O-])[C@H]1CCC2C3C[C@H](O)C4C[C@H](O)CC[C@]4(C)C3CC[C@@]21C.[Fe+3]. The van der Waals surface area contributed by atoms with Crippen molar-refractivity contribution in [2.75, 3.05) is 0 Å². The smallest absolute Gasteiger partial charge is 0.550 e. The van der Waals surface area contributed by atoms with Crippen LogP contribution >= 0.6 is 0 Å². The molecule has 485 valence electrons. The van der Waals surface area contributed by atoms with Crippen molar-refractivity contribution < 1.29 is 77.4 Å². The average molecular weight is 1230 g/mol. The molecular weight excluding hydrogens is 1110 g/mol. The Labute approximate surface area is 523 Å². The van der Waals surface area contributed by atoms with Gasteiger partial charge in [-0.05, 0) is 332 Å². The summed E-state index contributed by atoms with van der Waals surface area (Å²) >= 11 is 0. The first-order chi connectivity index (χ1) is 39.5. The molecule has 30 atom stereocenters. The molecule has 13 heteroatoms. The van der Waals surface area contributed by atoms with Gasteiger partial charge in [-0.2, -0.15) is 0 Å². The third kappa shape index (κ3) is 12.4. The van der Waals surface area contributed by atoms with Crippen molar-refractivity contribution in [3.05, 3.63) is 0 Å². The molecule has 1 radical (unpaired) electrons. The van der Waals surface area contributed by atoms with E-state index in [9.17, 15) is 60.3 Å². The van der Waals surface area contributed by atoms with Gasteiger partial charge in [0.25, 0.3) is 0 Å². The molecule has 12 nitrogen and oxygen atoms in total. The van der Waals surface area contributed by atoms with Gasteiger partial charge in [0.15, 0.2) is 0 Å². The van der Waals surface area contributed by atoms with E-state index in [-0.39, 0.29) is 123 Å². The van der Waals surface area contributed by atoms with Crippen molar-refractivity contribution in [1.29, 1.82) is 0 Å². The Hall–Kier alpha value is -1.31. The number of aliphatic hydroxyl groups excluding tert-OH is 6. The summed E-state index contributed by atoms with van der Waals surface area (Å²) in [4.78, 5) is 32.8. The Morgan fingerprint density at radius 2 is 0.565 bits per heavy atom. The number of hydrogen-bond donors (Lipinski definition) is 6. The van der Waals surface area contributed by atoms with Crippen LogP contribution in [-0.4, -0.2) is 85.2 Å². The zero-order chi connectivity index (χ0) is 60.8. The minimum atomic E-state index is -0.927. The zero-order valence-corrected chi connectivity index (χ0v) is 55.2. The molecule has 0 saturated heterocycles. The molecule has 0 bridgehead atoms. The van der Waals surface area contributed by atoms with Crippen LogP contribution in [-0.2, 0) is 31.5 Å². The molecule has 12 aliphatic rings. The van der Waals surface area contributed by atoms with Gasteiger partial charge in [-0.1, -0.05) is 62.3 Å². The number of aliphatic carboxylic acids is 3. The van der Waals surface area contributed by atoms with Crippen LogP contribution in [0.25, 0.3) is 0 Å². The maximum absolute atomic E-state index is 11.1. The van der Waals surface area contributed by atoms with Crippen LogP contribution in [0.5, 0.6) is 0 Å². The maximum atomic E-state index is 11.1. The molecule has 0 aliphatic heterocycles. The number of carbonyl (C=O) groups is 3. The van der Waals surface area contributed by atoms with Gasteiger partial charge in [-0.25, -0.2) is 0 Å². The predicted molar refractivity (Wildman–Crippen MR) is 318 cm³/mol. The molecule has 0 amide bonds. The number of fused-ring (bicyclic) bond motifs is 15. The molecule has 0 spiro atoms. The Morgan fingerprint density at radius 1 is 0.341 bits per heavy atom. The van der Waals surface area contributed by atoms with Gasteiger partial charge in [0.05, 0.1) is 36.6 Å². The summed E-state index contributed by atoms with van der Waals surface area (Å²) in [5.74, 6) is 6.74. The monoisotopic (exact) mass is 1230 g/mol. The second-order valence-corrected chi connectivity index (χ2v) is 34.0. The van der Waals surface area contributed by atoms with Crippen LogP contribution in [0.4, 0.5) is 0 Å². The number of rotatable bonds is 12. The first-order valence-electron chi connectivity index (χ1n) is 35.2. The van der Waals surface area contributed by atoms with Crippen molar-refractivity contribution in [3.8, 4) is 0 Å². The van der Waals surface area contributed by atoms with E-state index < -0.39 is 17.9 Å². The second kappa shape index (κ2) is 26.0. The van der Waals surface area contributed by atoms with E-state index >= 15 is 0 Å². The number of hydrogen-bond acceptors (Lipinski definition) is 12. The van der Waals surface area contributed by atoms with Crippen LogP contribution in [0.15, 0.2) is 0 Å². The van der Waals surface area contributed by atoms with Crippen molar-refractivity contribution in [3.63, 3.8) is 0 Å². The summed E-state index contributed by atoms with van der Waals surface area (Å²) in [5, 5.41) is 96.6. The summed E-state index contributed by atoms with van der Waals surface area (Å²) in [6, 6.07) is 0. The quantitative estimate of drug-likeness (QED) is 0.100. The third-order valence-electron chi connectivity index (χ3n) is 30.6. The molecule has 12 saturated carbocycles. The fourth-order valence-electron chi connectivity index (χ4n) is 26.4. The summed E-state index contributed by atoms with van der Waals surface area (Å²) in [6.07, 6.45) is 26.6. The first kappa shape index (κ1) is 68.1. The first-order valence-corrected chi connectivity index (χ1v) is 35.2. The van der Waals surface area contributed by atoms with E-state index in [0.717, 1.165) is 96.3 Å². The van der Waals surface area contributed by atoms with Crippen molar-refractivity contribution in [2.24, 2.45) is 139 Å². The minimum absolute atomic E-state index is 0. The van der Waals surface area contributed by atoms with E-state index in [1.165, 1.54) is 77.0 Å². The Balaban J connectivity index is 0.000000152. The van der Waals surface area contributed by atoms with Gasteiger partial charge in [0.2, 0.25) is 0 Å². The molecule has 85 heavy (non-hydrogen) atoms. The second-order valence-electron chi connectivity index (χ2n) is 34.0. The maximum Gasteiger partial charge on any atom is 3.00 e. The van der Waals surface area contributed by atoms with Gasteiger partial charge in [0.1, 0.15) is 0 Å². The molecule has 12 aliphatic carbocycles. The van der Waals surface area contributed by atoms with Crippen LogP contribution in [0.2, 0.25) is 0 Å². The Bertz CT molecular complexity index is 2070.